The van der Waals surface area contributed by atoms with Gasteiger partial charge in [0.25, 0.3) is 0 Å². The van der Waals surface area contributed by atoms with Gasteiger partial charge in [-0.05, 0) is 39.3 Å². The third-order valence-electron chi connectivity index (χ3n) is 3.21. The molecule has 1 amide bonds. The van der Waals surface area contributed by atoms with E-state index in [1.807, 2.05) is 40.0 Å². The molecule has 2 atom stereocenters. The Kier molecular flexibility index (Phi) is 3.28. The van der Waals surface area contributed by atoms with Crippen LogP contribution < -0.4 is 0 Å². The first-order chi connectivity index (χ1) is 8.38. The quantitative estimate of drug-likeness (QED) is 0.767. The van der Waals surface area contributed by atoms with Gasteiger partial charge in [-0.1, -0.05) is 6.07 Å². The van der Waals surface area contributed by atoms with Crippen molar-refractivity contribution >= 4 is 6.09 Å². The van der Waals surface area contributed by atoms with E-state index in [-0.39, 0.29) is 12.1 Å². The molecule has 0 bridgehead atoms. The van der Waals surface area contributed by atoms with Gasteiger partial charge in [-0.2, -0.15) is 0 Å². The molecule has 0 aromatic carbocycles. The number of nitrogens with zero attached hydrogens (tertiary/aromatic N) is 2. The van der Waals surface area contributed by atoms with Gasteiger partial charge in [0.2, 0.25) is 0 Å². The second-order valence-electron chi connectivity index (χ2n) is 5.77. The fraction of sp³-hybridized carbons (Fsp3) is 0.571. The molecule has 1 aromatic rings. The molecule has 1 aliphatic rings. The van der Waals surface area contributed by atoms with Crippen LogP contribution in [0.25, 0.3) is 0 Å². The normalized spacial score (nSPS) is 23.4. The second-order valence-corrected chi connectivity index (χ2v) is 5.77. The van der Waals surface area contributed by atoms with E-state index in [0.29, 0.717) is 12.5 Å². The number of pyridine rings is 1. The third-order valence-corrected chi connectivity index (χ3v) is 3.21. The highest BCUT2D eigenvalue weighted by molar-refractivity contribution is 5.70. The predicted molar refractivity (Wildman–Crippen MR) is 69.4 cm³/mol. The van der Waals surface area contributed by atoms with Crippen molar-refractivity contribution in [3.63, 3.8) is 0 Å². The number of amides is 1. The van der Waals surface area contributed by atoms with Crippen molar-refractivity contribution < 1.29 is 9.53 Å². The number of rotatable bonds is 1. The molecule has 2 rings (SSSR count). The van der Waals surface area contributed by atoms with Gasteiger partial charge >= 0.3 is 6.09 Å². The van der Waals surface area contributed by atoms with Crippen molar-refractivity contribution in [1.82, 2.24) is 9.88 Å². The van der Waals surface area contributed by atoms with Crippen molar-refractivity contribution in [2.24, 2.45) is 0 Å². The van der Waals surface area contributed by atoms with Crippen LogP contribution in [0.15, 0.2) is 24.5 Å². The first-order valence-corrected chi connectivity index (χ1v) is 6.28. The fourth-order valence-corrected chi connectivity index (χ4v) is 2.15. The Labute approximate surface area is 108 Å². The predicted octanol–water partition coefficient (Wildman–Crippen LogP) is 2.80. The van der Waals surface area contributed by atoms with Crippen LogP contribution in [0.2, 0.25) is 0 Å². The Bertz CT molecular complexity index is 425. The minimum absolute atomic E-state index is 0.170. The molecule has 0 spiro atoms. The summed E-state index contributed by atoms with van der Waals surface area (Å²) in [5.74, 6) is 0.367. The van der Waals surface area contributed by atoms with Crippen LogP contribution in [0.1, 0.15) is 39.2 Å². The molecular weight excluding hydrogens is 228 g/mol. The van der Waals surface area contributed by atoms with Gasteiger partial charge in [0.15, 0.2) is 0 Å². The number of carbonyl (C=O) groups is 1. The van der Waals surface area contributed by atoms with Crippen LogP contribution in [0, 0.1) is 0 Å². The van der Waals surface area contributed by atoms with Gasteiger partial charge in [0, 0.05) is 30.9 Å². The van der Waals surface area contributed by atoms with Crippen LogP contribution in [0.5, 0.6) is 0 Å². The molecule has 98 valence electrons. The molecule has 0 saturated carbocycles. The summed E-state index contributed by atoms with van der Waals surface area (Å²) in [5, 5.41) is 0. The molecule has 18 heavy (non-hydrogen) atoms. The van der Waals surface area contributed by atoms with E-state index in [2.05, 4.69) is 11.1 Å². The molecule has 2 heterocycles. The van der Waals surface area contributed by atoms with E-state index in [1.165, 1.54) is 5.56 Å². The average molecular weight is 248 g/mol. The average Bonchev–Trinajstić information content (AvgIpc) is 2.26. The lowest BCUT2D eigenvalue weighted by Gasteiger charge is -2.46. The Morgan fingerprint density at radius 1 is 1.50 bits per heavy atom. The highest BCUT2D eigenvalue weighted by atomic mass is 16.6. The van der Waals surface area contributed by atoms with Crippen LogP contribution in [-0.4, -0.2) is 34.2 Å². The number of likely N-dealkylation sites (tertiary alicyclic amines) is 1. The standard InChI is InChI=1S/C14H20N2O2/c1-10-12(11-6-5-7-15-8-11)9-16(10)13(17)18-14(2,3)4/h5-8,10,12H,9H2,1-4H3. The highest BCUT2D eigenvalue weighted by Gasteiger charge is 2.41. The number of hydrogen-bond donors (Lipinski definition) is 0. The molecule has 1 aliphatic heterocycles. The van der Waals surface area contributed by atoms with Gasteiger partial charge in [0.1, 0.15) is 5.60 Å². The Morgan fingerprint density at radius 2 is 2.22 bits per heavy atom. The second kappa shape index (κ2) is 4.59. The molecular formula is C14H20N2O2. The summed E-state index contributed by atoms with van der Waals surface area (Å²) in [6.07, 6.45) is 3.40. The Morgan fingerprint density at radius 3 is 2.72 bits per heavy atom. The monoisotopic (exact) mass is 248 g/mol. The fourth-order valence-electron chi connectivity index (χ4n) is 2.15. The van der Waals surface area contributed by atoms with Crippen molar-refractivity contribution in [1.29, 1.82) is 0 Å². The summed E-state index contributed by atoms with van der Waals surface area (Å²) in [7, 11) is 0. The van der Waals surface area contributed by atoms with Gasteiger partial charge in [-0.3, -0.25) is 4.98 Å². The van der Waals surface area contributed by atoms with E-state index in [9.17, 15) is 4.79 Å². The molecule has 0 radical (unpaired) electrons. The molecule has 4 heteroatoms. The number of carbonyl (C=O) groups excluding carboxylic acids is 1. The Hall–Kier alpha value is -1.58. The van der Waals surface area contributed by atoms with Crippen LogP contribution >= 0.6 is 0 Å². The van der Waals surface area contributed by atoms with Crippen molar-refractivity contribution in [2.45, 2.75) is 45.3 Å². The highest BCUT2D eigenvalue weighted by Crippen LogP contribution is 2.34. The van der Waals surface area contributed by atoms with Crippen molar-refractivity contribution in [3.05, 3.63) is 30.1 Å². The zero-order valence-electron chi connectivity index (χ0n) is 11.4. The maximum absolute atomic E-state index is 11.9. The summed E-state index contributed by atoms with van der Waals surface area (Å²) < 4.78 is 5.37. The molecule has 0 aliphatic carbocycles. The molecule has 4 nitrogen and oxygen atoms in total. The summed E-state index contributed by atoms with van der Waals surface area (Å²) in [6, 6.07) is 4.16. The number of hydrogen-bond acceptors (Lipinski definition) is 3. The summed E-state index contributed by atoms with van der Waals surface area (Å²) in [5.41, 5.74) is 0.751. The first kappa shape index (κ1) is 12.9. The topological polar surface area (TPSA) is 42.4 Å². The van der Waals surface area contributed by atoms with E-state index < -0.39 is 5.60 Å². The number of ether oxygens (including phenoxy) is 1. The van der Waals surface area contributed by atoms with Gasteiger partial charge in [-0.25, -0.2) is 4.79 Å². The van der Waals surface area contributed by atoms with E-state index in [0.717, 1.165) is 0 Å². The maximum atomic E-state index is 11.9. The zero-order valence-corrected chi connectivity index (χ0v) is 11.4. The lowest BCUT2D eigenvalue weighted by molar-refractivity contribution is -0.00980. The SMILES string of the molecule is CC1C(c2cccnc2)CN1C(=O)OC(C)(C)C. The maximum Gasteiger partial charge on any atom is 0.410 e. The molecule has 1 fully saturated rings. The van der Waals surface area contributed by atoms with Crippen molar-refractivity contribution in [3.8, 4) is 0 Å². The molecule has 1 aromatic heterocycles. The lowest BCUT2D eigenvalue weighted by Crippen LogP contribution is -2.56. The van der Waals surface area contributed by atoms with Gasteiger partial charge in [-0.15, -0.1) is 0 Å². The van der Waals surface area contributed by atoms with E-state index in [4.69, 9.17) is 4.74 Å². The molecule has 1 saturated heterocycles. The van der Waals surface area contributed by atoms with Crippen LogP contribution in [0.3, 0.4) is 0 Å². The Balaban J connectivity index is 1.96. The first-order valence-electron chi connectivity index (χ1n) is 6.28. The van der Waals surface area contributed by atoms with E-state index >= 15 is 0 Å². The van der Waals surface area contributed by atoms with E-state index in [1.54, 1.807) is 11.1 Å². The molecule has 0 N–H and O–H groups in total. The summed E-state index contributed by atoms with van der Waals surface area (Å²) in [4.78, 5) is 17.8. The van der Waals surface area contributed by atoms with Crippen LogP contribution in [-0.2, 0) is 4.74 Å². The van der Waals surface area contributed by atoms with Gasteiger partial charge < -0.3 is 9.64 Å². The minimum atomic E-state index is -0.434. The lowest BCUT2D eigenvalue weighted by atomic mass is 9.85. The smallest absolute Gasteiger partial charge is 0.410 e. The summed E-state index contributed by atoms with van der Waals surface area (Å²) >= 11 is 0. The minimum Gasteiger partial charge on any atom is -0.444 e. The van der Waals surface area contributed by atoms with Crippen molar-refractivity contribution in [2.75, 3.05) is 6.54 Å². The van der Waals surface area contributed by atoms with Gasteiger partial charge in [0.05, 0.1) is 0 Å². The molecule has 2 unspecified atom stereocenters. The van der Waals surface area contributed by atoms with Crippen LogP contribution in [0.4, 0.5) is 4.79 Å². The largest absolute Gasteiger partial charge is 0.444 e. The zero-order chi connectivity index (χ0) is 13.3. The summed E-state index contributed by atoms with van der Waals surface area (Å²) in [6.45, 7) is 8.41. The number of aromatic nitrogens is 1. The third kappa shape index (κ3) is 2.63.